The summed E-state index contributed by atoms with van der Waals surface area (Å²) in [7, 11) is 0. The van der Waals surface area contributed by atoms with Crippen LogP contribution in [0.25, 0.3) is 5.65 Å². The Morgan fingerprint density at radius 3 is 3.10 bits per heavy atom. The summed E-state index contributed by atoms with van der Waals surface area (Å²) >= 11 is 6.01. The standard InChI is InChI=1S/C15H22ClN5/c1-2-9-20(11-13-5-3-4-8-17-13)15-18-14-7-6-12(16)10-21(14)19-15/h6-7,10,13,17H,2-5,8-9,11H2,1H3. The van der Waals surface area contributed by atoms with Gasteiger partial charge in [-0.3, -0.25) is 0 Å². The third-order valence-electron chi connectivity index (χ3n) is 3.91. The number of hydrogen-bond acceptors (Lipinski definition) is 4. The van der Waals surface area contributed by atoms with E-state index in [9.17, 15) is 0 Å². The fraction of sp³-hybridized carbons (Fsp3) is 0.600. The number of nitrogens with one attached hydrogen (secondary N) is 1. The molecule has 1 N–H and O–H groups in total. The second-order valence-corrected chi connectivity index (χ2v) is 6.09. The molecule has 0 radical (unpaired) electrons. The Kier molecular flexibility index (Phi) is 4.60. The molecule has 1 aliphatic heterocycles. The fourth-order valence-electron chi connectivity index (χ4n) is 2.87. The van der Waals surface area contributed by atoms with E-state index in [0.29, 0.717) is 11.1 Å². The summed E-state index contributed by atoms with van der Waals surface area (Å²) in [4.78, 5) is 6.91. The molecule has 3 heterocycles. The van der Waals surface area contributed by atoms with E-state index >= 15 is 0 Å². The molecule has 3 rings (SSSR count). The summed E-state index contributed by atoms with van der Waals surface area (Å²) in [6, 6.07) is 4.30. The molecule has 1 unspecified atom stereocenters. The van der Waals surface area contributed by atoms with Crippen molar-refractivity contribution in [3.05, 3.63) is 23.4 Å². The quantitative estimate of drug-likeness (QED) is 0.922. The van der Waals surface area contributed by atoms with Gasteiger partial charge < -0.3 is 10.2 Å². The van der Waals surface area contributed by atoms with Crippen molar-refractivity contribution in [2.24, 2.45) is 0 Å². The van der Waals surface area contributed by atoms with Crippen LogP contribution in [0.3, 0.4) is 0 Å². The van der Waals surface area contributed by atoms with Gasteiger partial charge in [-0.05, 0) is 37.9 Å². The maximum Gasteiger partial charge on any atom is 0.245 e. The summed E-state index contributed by atoms with van der Waals surface area (Å²) in [6.07, 6.45) is 6.72. The molecular weight excluding hydrogens is 286 g/mol. The lowest BCUT2D eigenvalue weighted by molar-refractivity contribution is 0.397. The molecule has 1 atom stereocenters. The summed E-state index contributed by atoms with van der Waals surface area (Å²) in [5.74, 6) is 0.798. The predicted molar refractivity (Wildman–Crippen MR) is 86.1 cm³/mol. The van der Waals surface area contributed by atoms with Crippen molar-refractivity contribution >= 4 is 23.2 Å². The normalized spacial score (nSPS) is 19.0. The second kappa shape index (κ2) is 6.62. The smallest absolute Gasteiger partial charge is 0.245 e. The third kappa shape index (κ3) is 3.47. The topological polar surface area (TPSA) is 45.5 Å². The molecule has 0 spiro atoms. The van der Waals surface area contributed by atoms with E-state index in [4.69, 9.17) is 11.6 Å². The Morgan fingerprint density at radius 1 is 1.43 bits per heavy atom. The monoisotopic (exact) mass is 307 g/mol. The molecule has 0 bridgehead atoms. The molecule has 2 aromatic rings. The Morgan fingerprint density at radius 2 is 2.33 bits per heavy atom. The highest BCUT2D eigenvalue weighted by molar-refractivity contribution is 6.30. The van der Waals surface area contributed by atoms with E-state index in [2.05, 4.69) is 27.2 Å². The number of rotatable bonds is 5. The lowest BCUT2D eigenvalue weighted by Crippen LogP contribution is -2.44. The minimum absolute atomic E-state index is 0.542. The van der Waals surface area contributed by atoms with Crippen molar-refractivity contribution in [3.8, 4) is 0 Å². The summed E-state index contributed by atoms with van der Waals surface area (Å²) in [5, 5.41) is 8.85. The van der Waals surface area contributed by atoms with E-state index in [1.807, 2.05) is 12.1 Å². The zero-order chi connectivity index (χ0) is 14.7. The zero-order valence-corrected chi connectivity index (χ0v) is 13.2. The van der Waals surface area contributed by atoms with Crippen LogP contribution in [0.5, 0.6) is 0 Å². The molecule has 1 saturated heterocycles. The number of halogens is 1. The lowest BCUT2D eigenvalue weighted by atomic mass is 10.0. The van der Waals surface area contributed by atoms with Gasteiger partial charge in [0.15, 0.2) is 5.65 Å². The molecule has 2 aromatic heterocycles. The van der Waals surface area contributed by atoms with Gasteiger partial charge in [0.2, 0.25) is 5.95 Å². The molecule has 6 heteroatoms. The van der Waals surface area contributed by atoms with Gasteiger partial charge in [-0.2, -0.15) is 4.98 Å². The first-order chi connectivity index (χ1) is 10.3. The van der Waals surface area contributed by atoms with Gasteiger partial charge in [-0.15, -0.1) is 5.10 Å². The minimum Gasteiger partial charge on any atom is -0.338 e. The largest absolute Gasteiger partial charge is 0.338 e. The average Bonchev–Trinajstić information content (AvgIpc) is 2.91. The highest BCUT2D eigenvalue weighted by Gasteiger charge is 2.19. The Hall–Kier alpha value is -1.33. The predicted octanol–water partition coefficient (Wildman–Crippen LogP) is 2.74. The Bertz CT molecular complexity index is 591. The van der Waals surface area contributed by atoms with Crippen LogP contribution >= 0.6 is 11.6 Å². The minimum atomic E-state index is 0.542. The molecule has 114 valence electrons. The number of pyridine rings is 1. The molecule has 1 aliphatic rings. The fourth-order valence-corrected chi connectivity index (χ4v) is 3.02. The molecule has 1 fully saturated rings. The second-order valence-electron chi connectivity index (χ2n) is 5.65. The van der Waals surface area contributed by atoms with Gasteiger partial charge in [-0.25, -0.2) is 4.52 Å². The first-order valence-electron chi connectivity index (χ1n) is 7.76. The number of aromatic nitrogens is 3. The van der Waals surface area contributed by atoms with E-state index in [0.717, 1.165) is 37.7 Å². The molecule has 0 amide bonds. The Balaban J connectivity index is 1.80. The van der Waals surface area contributed by atoms with Crippen molar-refractivity contribution in [3.63, 3.8) is 0 Å². The first-order valence-corrected chi connectivity index (χ1v) is 8.14. The lowest BCUT2D eigenvalue weighted by Gasteiger charge is -2.29. The average molecular weight is 308 g/mol. The van der Waals surface area contributed by atoms with Crippen LogP contribution < -0.4 is 10.2 Å². The van der Waals surface area contributed by atoms with Crippen molar-refractivity contribution in [1.29, 1.82) is 0 Å². The number of piperidine rings is 1. The number of fused-ring (bicyclic) bond motifs is 1. The summed E-state index contributed by atoms with van der Waals surface area (Å²) < 4.78 is 1.76. The molecule has 0 aliphatic carbocycles. The zero-order valence-electron chi connectivity index (χ0n) is 12.4. The van der Waals surface area contributed by atoms with E-state index in [1.165, 1.54) is 19.3 Å². The highest BCUT2D eigenvalue weighted by Crippen LogP contribution is 2.16. The van der Waals surface area contributed by atoms with Gasteiger partial charge in [0.05, 0.1) is 5.02 Å². The van der Waals surface area contributed by atoms with E-state index in [1.54, 1.807) is 10.7 Å². The maximum atomic E-state index is 6.01. The highest BCUT2D eigenvalue weighted by atomic mass is 35.5. The molecular formula is C15H22ClN5. The maximum absolute atomic E-state index is 6.01. The molecule has 0 saturated carbocycles. The van der Waals surface area contributed by atoms with Gasteiger partial charge in [0, 0.05) is 25.3 Å². The van der Waals surface area contributed by atoms with Crippen LogP contribution in [0.15, 0.2) is 18.3 Å². The number of anilines is 1. The van der Waals surface area contributed by atoms with Crippen molar-refractivity contribution in [2.75, 3.05) is 24.5 Å². The third-order valence-corrected chi connectivity index (χ3v) is 4.14. The van der Waals surface area contributed by atoms with Crippen molar-refractivity contribution in [2.45, 2.75) is 38.6 Å². The van der Waals surface area contributed by atoms with Crippen LogP contribution in [-0.2, 0) is 0 Å². The SMILES string of the molecule is CCCN(CC1CCCCN1)c1nc2ccc(Cl)cn2n1. The first kappa shape index (κ1) is 14.6. The van der Waals surface area contributed by atoms with Gasteiger partial charge in [0.25, 0.3) is 0 Å². The van der Waals surface area contributed by atoms with E-state index in [-0.39, 0.29) is 0 Å². The van der Waals surface area contributed by atoms with Crippen LogP contribution in [0, 0.1) is 0 Å². The number of hydrogen-bond donors (Lipinski definition) is 1. The molecule has 21 heavy (non-hydrogen) atoms. The van der Waals surface area contributed by atoms with Gasteiger partial charge in [-0.1, -0.05) is 24.9 Å². The Labute approximate surface area is 130 Å². The van der Waals surface area contributed by atoms with Gasteiger partial charge >= 0.3 is 0 Å². The number of nitrogens with zero attached hydrogens (tertiary/aromatic N) is 4. The van der Waals surface area contributed by atoms with Crippen molar-refractivity contribution in [1.82, 2.24) is 19.9 Å². The van der Waals surface area contributed by atoms with Gasteiger partial charge in [0.1, 0.15) is 0 Å². The summed E-state index contributed by atoms with van der Waals surface area (Å²) in [6.45, 7) is 5.26. The van der Waals surface area contributed by atoms with Crippen LogP contribution in [0.2, 0.25) is 5.02 Å². The van der Waals surface area contributed by atoms with Crippen molar-refractivity contribution < 1.29 is 0 Å². The molecule has 5 nitrogen and oxygen atoms in total. The van der Waals surface area contributed by atoms with Crippen LogP contribution in [0.1, 0.15) is 32.6 Å². The molecule has 0 aromatic carbocycles. The van der Waals surface area contributed by atoms with Crippen LogP contribution in [0.4, 0.5) is 5.95 Å². The van der Waals surface area contributed by atoms with E-state index < -0.39 is 0 Å². The summed E-state index contributed by atoms with van der Waals surface area (Å²) in [5.41, 5.74) is 0.840. The van der Waals surface area contributed by atoms with Crippen LogP contribution in [-0.4, -0.2) is 40.3 Å².